The number of methoxy groups -OCH3 is 2. The Balaban J connectivity index is 1.63. The highest BCUT2D eigenvalue weighted by Gasteiger charge is 2.42. The van der Waals surface area contributed by atoms with Crippen molar-refractivity contribution in [3.8, 4) is 17.2 Å². The number of ether oxygens (including phenoxy) is 2. The van der Waals surface area contributed by atoms with Crippen molar-refractivity contribution in [2.75, 3.05) is 19.1 Å². The molecule has 1 aliphatic heterocycles. The molecule has 33 heavy (non-hydrogen) atoms. The Hall–Kier alpha value is -3.84. The number of rotatable bonds is 6. The van der Waals surface area contributed by atoms with Gasteiger partial charge in [0.2, 0.25) is 0 Å². The second-order valence-corrected chi connectivity index (χ2v) is 8.11. The maximum atomic E-state index is 5.84. The summed E-state index contributed by atoms with van der Waals surface area (Å²) in [5, 5.41) is 4.11. The Bertz CT molecular complexity index is 1260. The number of para-hydroxylation sites is 1. The number of pyridine rings is 1. The Morgan fingerprint density at radius 1 is 0.939 bits per heavy atom. The van der Waals surface area contributed by atoms with Gasteiger partial charge in [-0.1, -0.05) is 24.3 Å². The average molecular weight is 457 g/mol. The van der Waals surface area contributed by atoms with Crippen LogP contribution >= 0.6 is 12.2 Å². The highest BCUT2D eigenvalue weighted by Crippen LogP contribution is 2.45. The smallest absolute Gasteiger partial charge is 0.174 e. The Kier molecular flexibility index (Phi) is 5.71. The minimum Gasteiger partial charge on any atom is -0.497 e. The normalized spacial score (nSPS) is 17.6. The second-order valence-electron chi connectivity index (χ2n) is 7.72. The third-order valence-corrected chi connectivity index (χ3v) is 6.17. The van der Waals surface area contributed by atoms with Crippen LogP contribution in [0.5, 0.6) is 11.5 Å². The van der Waals surface area contributed by atoms with Gasteiger partial charge in [0.15, 0.2) is 5.11 Å². The van der Waals surface area contributed by atoms with Crippen molar-refractivity contribution >= 4 is 23.0 Å². The molecule has 1 N–H and O–H groups in total. The largest absolute Gasteiger partial charge is 0.497 e. The van der Waals surface area contributed by atoms with Crippen LogP contribution in [0.2, 0.25) is 0 Å². The fourth-order valence-corrected chi connectivity index (χ4v) is 4.62. The molecule has 0 spiro atoms. The first-order valence-electron chi connectivity index (χ1n) is 10.7. The zero-order valence-electron chi connectivity index (χ0n) is 18.4. The summed E-state index contributed by atoms with van der Waals surface area (Å²) in [5.41, 5.74) is 4.00. The van der Waals surface area contributed by atoms with Crippen LogP contribution in [0.1, 0.15) is 23.3 Å². The van der Waals surface area contributed by atoms with Gasteiger partial charge in [-0.3, -0.25) is 4.98 Å². The second kappa shape index (κ2) is 8.96. The highest BCUT2D eigenvalue weighted by molar-refractivity contribution is 7.80. The molecule has 0 saturated carbocycles. The number of benzene rings is 2. The van der Waals surface area contributed by atoms with Crippen LogP contribution in [0.3, 0.4) is 0 Å². The molecule has 0 amide bonds. The molecular formula is C26H24N4O2S. The van der Waals surface area contributed by atoms with E-state index in [-0.39, 0.29) is 12.1 Å². The first-order valence-corrected chi connectivity index (χ1v) is 11.1. The van der Waals surface area contributed by atoms with Gasteiger partial charge in [-0.15, -0.1) is 0 Å². The average Bonchev–Trinajstić information content (AvgIpc) is 3.49. The molecule has 2 aromatic carbocycles. The molecule has 0 bridgehead atoms. The minimum atomic E-state index is -0.128. The van der Waals surface area contributed by atoms with E-state index in [2.05, 4.69) is 50.4 Å². The number of hydrogen-bond donors (Lipinski definition) is 1. The summed E-state index contributed by atoms with van der Waals surface area (Å²) in [6.45, 7) is 0. The predicted octanol–water partition coefficient (Wildman–Crippen LogP) is 5.07. The number of nitrogens with one attached hydrogen (secondary N) is 1. The molecular weight excluding hydrogens is 432 g/mol. The van der Waals surface area contributed by atoms with Crippen LogP contribution in [0, 0.1) is 0 Å². The van der Waals surface area contributed by atoms with Gasteiger partial charge in [0.25, 0.3) is 0 Å². The van der Waals surface area contributed by atoms with Gasteiger partial charge >= 0.3 is 0 Å². The lowest BCUT2D eigenvalue weighted by atomic mass is 9.98. The first kappa shape index (κ1) is 21.0. The van der Waals surface area contributed by atoms with Gasteiger partial charge in [-0.05, 0) is 60.2 Å². The molecule has 4 aromatic rings. The van der Waals surface area contributed by atoms with Gasteiger partial charge in [0.1, 0.15) is 11.5 Å². The fourth-order valence-electron chi connectivity index (χ4n) is 4.29. The van der Waals surface area contributed by atoms with E-state index >= 15 is 0 Å². The van der Waals surface area contributed by atoms with Gasteiger partial charge in [-0.25, -0.2) is 0 Å². The molecule has 1 saturated heterocycles. The van der Waals surface area contributed by atoms with Crippen molar-refractivity contribution in [1.29, 1.82) is 0 Å². The van der Waals surface area contributed by atoms with E-state index in [1.165, 1.54) is 0 Å². The van der Waals surface area contributed by atoms with Gasteiger partial charge in [0.05, 0.1) is 37.7 Å². The summed E-state index contributed by atoms with van der Waals surface area (Å²) in [6, 6.07) is 23.8. The van der Waals surface area contributed by atoms with Crippen LogP contribution in [0.4, 0.5) is 5.69 Å². The number of aromatic nitrogens is 2. The third kappa shape index (κ3) is 3.91. The van der Waals surface area contributed by atoms with Gasteiger partial charge in [0, 0.05) is 30.3 Å². The lowest BCUT2D eigenvalue weighted by molar-refractivity contribution is 0.394. The topological polar surface area (TPSA) is 51.5 Å². The maximum absolute atomic E-state index is 5.84. The van der Waals surface area contributed by atoms with Crippen molar-refractivity contribution in [1.82, 2.24) is 14.9 Å². The lowest BCUT2D eigenvalue weighted by Crippen LogP contribution is -2.29. The van der Waals surface area contributed by atoms with E-state index in [0.29, 0.717) is 10.9 Å². The third-order valence-electron chi connectivity index (χ3n) is 5.86. The van der Waals surface area contributed by atoms with E-state index in [4.69, 9.17) is 21.7 Å². The summed E-state index contributed by atoms with van der Waals surface area (Å²) in [4.78, 5) is 6.74. The molecule has 3 heterocycles. The maximum Gasteiger partial charge on any atom is 0.174 e. The number of nitrogens with zero attached hydrogens (tertiary/aromatic N) is 3. The van der Waals surface area contributed by atoms with Gasteiger partial charge in [-0.2, -0.15) is 0 Å². The number of anilines is 1. The quantitative estimate of drug-likeness (QED) is 0.409. The van der Waals surface area contributed by atoms with Crippen molar-refractivity contribution in [3.63, 3.8) is 0 Å². The Morgan fingerprint density at radius 2 is 1.76 bits per heavy atom. The molecule has 6 nitrogen and oxygen atoms in total. The molecule has 5 rings (SSSR count). The van der Waals surface area contributed by atoms with E-state index < -0.39 is 0 Å². The summed E-state index contributed by atoms with van der Waals surface area (Å²) in [7, 11) is 3.30. The van der Waals surface area contributed by atoms with Crippen LogP contribution in [-0.4, -0.2) is 28.9 Å². The standard InChI is InChI=1S/C26H24N4O2S/c1-31-20-11-12-22(23(16-20)32-2)30-25(24(28-26(30)33)21-10-6-7-14-27-21)18-13-15-29(17-18)19-8-4-3-5-9-19/h3-17,24-25H,1-2H3,(H,28,33)/t24-,25-/m0/s1. The molecule has 0 radical (unpaired) electrons. The molecule has 0 aliphatic carbocycles. The summed E-state index contributed by atoms with van der Waals surface area (Å²) >= 11 is 5.84. The van der Waals surface area contributed by atoms with Gasteiger partial charge < -0.3 is 24.3 Å². The monoisotopic (exact) mass is 456 g/mol. The van der Waals surface area contributed by atoms with Crippen molar-refractivity contribution in [3.05, 3.63) is 103 Å². The highest BCUT2D eigenvalue weighted by atomic mass is 32.1. The first-order chi connectivity index (χ1) is 16.2. The number of thiocarbonyl (C=S) groups is 1. The molecule has 0 unspecified atom stereocenters. The molecule has 1 aliphatic rings. The van der Waals surface area contributed by atoms with E-state index in [1.54, 1.807) is 14.2 Å². The summed E-state index contributed by atoms with van der Waals surface area (Å²) < 4.78 is 13.2. The molecule has 166 valence electrons. The SMILES string of the molecule is COc1ccc(N2C(=S)N[C@@H](c3ccccn3)[C@@H]2c2ccn(-c3ccccc3)c2)c(OC)c1. The van der Waals surface area contributed by atoms with Crippen molar-refractivity contribution in [2.24, 2.45) is 0 Å². The predicted molar refractivity (Wildman–Crippen MR) is 133 cm³/mol. The molecule has 2 atom stereocenters. The van der Waals surface area contributed by atoms with E-state index in [1.807, 2.05) is 60.8 Å². The molecule has 7 heteroatoms. The lowest BCUT2D eigenvalue weighted by Gasteiger charge is -2.28. The molecule has 1 fully saturated rings. The zero-order chi connectivity index (χ0) is 22.8. The van der Waals surface area contributed by atoms with Crippen LogP contribution in [0.15, 0.2) is 91.4 Å². The Labute approximate surface area is 198 Å². The van der Waals surface area contributed by atoms with E-state index in [9.17, 15) is 0 Å². The summed E-state index contributed by atoms with van der Waals surface area (Å²) in [6.07, 6.45) is 6.03. The van der Waals surface area contributed by atoms with Crippen LogP contribution in [-0.2, 0) is 0 Å². The number of hydrogen-bond acceptors (Lipinski definition) is 4. The van der Waals surface area contributed by atoms with Crippen molar-refractivity contribution < 1.29 is 9.47 Å². The minimum absolute atomic E-state index is 0.125. The fraction of sp³-hybridized carbons (Fsp3) is 0.154. The molecule has 2 aromatic heterocycles. The van der Waals surface area contributed by atoms with Crippen LogP contribution < -0.4 is 19.7 Å². The Morgan fingerprint density at radius 3 is 2.48 bits per heavy atom. The zero-order valence-corrected chi connectivity index (χ0v) is 19.2. The van der Waals surface area contributed by atoms with Crippen molar-refractivity contribution in [2.45, 2.75) is 12.1 Å². The summed E-state index contributed by atoms with van der Waals surface area (Å²) in [5.74, 6) is 1.41. The van der Waals surface area contributed by atoms with Crippen LogP contribution in [0.25, 0.3) is 5.69 Å². The van der Waals surface area contributed by atoms with E-state index in [0.717, 1.165) is 28.4 Å².